The predicted octanol–water partition coefficient (Wildman–Crippen LogP) is 3.87. The second-order valence-electron chi connectivity index (χ2n) is 6.70. The lowest BCUT2D eigenvalue weighted by molar-refractivity contribution is -0.134. The predicted molar refractivity (Wildman–Crippen MR) is 113 cm³/mol. The summed E-state index contributed by atoms with van der Waals surface area (Å²) in [6.45, 7) is 4.15. The molecule has 0 amide bonds. The summed E-state index contributed by atoms with van der Waals surface area (Å²) in [5.74, 6) is -0.402. The lowest BCUT2D eigenvalue weighted by atomic mass is 10.0. The van der Waals surface area contributed by atoms with Crippen LogP contribution in [-0.2, 0) is 9.53 Å². The van der Waals surface area contributed by atoms with Crippen LogP contribution in [-0.4, -0.2) is 28.3 Å². The zero-order chi connectivity index (χ0) is 19.6. The number of hydrogen-bond acceptors (Lipinski definition) is 7. The summed E-state index contributed by atoms with van der Waals surface area (Å²) in [6, 6.07) is 18.2. The first kappa shape index (κ1) is 18.6. The van der Waals surface area contributed by atoms with Crippen LogP contribution in [0.1, 0.15) is 30.9 Å². The van der Waals surface area contributed by atoms with E-state index in [4.69, 9.17) is 4.74 Å². The number of anilines is 1. The lowest BCUT2D eigenvalue weighted by Gasteiger charge is -2.38. The summed E-state index contributed by atoms with van der Waals surface area (Å²) in [5.41, 5.74) is 7.46. The molecule has 2 heterocycles. The Hall–Kier alpha value is -2.80. The molecule has 4 rings (SSSR count). The molecule has 1 N–H and O–H groups in total. The molecule has 0 saturated carbocycles. The van der Waals surface area contributed by atoms with E-state index in [9.17, 15) is 4.79 Å². The van der Waals surface area contributed by atoms with Gasteiger partial charge in [0.15, 0.2) is 0 Å². The lowest BCUT2D eigenvalue weighted by Crippen LogP contribution is -2.53. The van der Waals surface area contributed by atoms with Gasteiger partial charge in [0.05, 0.1) is 18.0 Å². The minimum Gasteiger partial charge on any atom is -0.461 e. The number of nitrogens with one attached hydrogen (secondary N) is 1. The highest BCUT2D eigenvalue weighted by molar-refractivity contribution is 8.17. The van der Waals surface area contributed by atoms with Gasteiger partial charge in [0.2, 0.25) is 10.0 Å². The molecule has 2 aliphatic heterocycles. The second kappa shape index (κ2) is 7.67. The maximum Gasteiger partial charge on any atom is 0.365 e. The van der Waals surface area contributed by atoms with Crippen molar-refractivity contribution < 1.29 is 9.53 Å². The first-order valence-electron chi connectivity index (χ1n) is 9.32. The number of thioether (sulfide) groups is 1. The molecule has 0 aromatic heterocycles. The van der Waals surface area contributed by atoms with Crippen LogP contribution in [0.5, 0.6) is 0 Å². The van der Waals surface area contributed by atoms with Crippen molar-refractivity contribution in [1.82, 2.24) is 5.43 Å². The third-order valence-corrected chi connectivity index (χ3v) is 5.95. The van der Waals surface area contributed by atoms with E-state index in [2.05, 4.69) is 27.8 Å². The molecule has 7 heteroatoms. The van der Waals surface area contributed by atoms with Gasteiger partial charge >= 0.3 is 5.97 Å². The fourth-order valence-electron chi connectivity index (χ4n) is 3.24. The molecular weight excluding hydrogens is 372 g/mol. The van der Waals surface area contributed by atoms with Crippen LogP contribution in [0, 0.1) is 6.92 Å². The Morgan fingerprint density at radius 2 is 1.96 bits per heavy atom. The number of ether oxygens (including phenoxy) is 1. The van der Waals surface area contributed by atoms with E-state index in [0.29, 0.717) is 11.7 Å². The summed E-state index contributed by atoms with van der Waals surface area (Å²) in [5, 5.41) is 11.4. The van der Waals surface area contributed by atoms with Crippen molar-refractivity contribution in [3.63, 3.8) is 0 Å². The topological polar surface area (TPSA) is 66.3 Å². The molecule has 1 spiro atoms. The van der Waals surface area contributed by atoms with Gasteiger partial charge in [-0.1, -0.05) is 48.0 Å². The molecule has 0 fully saturated rings. The van der Waals surface area contributed by atoms with Crippen molar-refractivity contribution in [1.29, 1.82) is 0 Å². The van der Waals surface area contributed by atoms with Crippen LogP contribution < -0.4 is 10.4 Å². The molecule has 2 aromatic rings. The van der Waals surface area contributed by atoms with Gasteiger partial charge in [-0.2, -0.15) is 10.2 Å². The molecule has 0 bridgehead atoms. The molecule has 0 radical (unpaired) electrons. The second-order valence-corrected chi connectivity index (χ2v) is 7.96. The molecule has 0 saturated heterocycles. The highest BCUT2D eigenvalue weighted by Gasteiger charge is 2.48. The third kappa shape index (κ3) is 3.49. The molecule has 2 aliphatic rings. The van der Waals surface area contributed by atoms with Crippen molar-refractivity contribution in [2.45, 2.75) is 31.7 Å². The summed E-state index contributed by atoms with van der Waals surface area (Å²) >= 11 is 1.37. The molecule has 2 aromatic carbocycles. The maximum atomic E-state index is 12.3. The number of rotatable bonds is 4. The number of aryl methyl sites for hydroxylation is 1. The molecule has 1 unspecified atom stereocenters. The summed E-state index contributed by atoms with van der Waals surface area (Å²) < 4.78 is 5.17. The fourth-order valence-corrected chi connectivity index (χ4v) is 4.36. The van der Waals surface area contributed by atoms with Gasteiger partial charge in [0, 0.05) is 6.42 Å². The average Bonchev–Trinajstić information content (AvgIpc) is 3.09. The Balaban J connectivity index is 1.66. The van der Waals surface area contributed by atoms with Crippen molar-refractivity contribution in [2.24, 2.45) is 10.2 Å². The zero-order valence-corrected chi connectivity index (χ0v) is 16.7. The highest BCUT2D eigenvalue weighted by atomic mass is 32.2. The number of hydrazone groups is 2. The number of hydrogen-bond donors (Lipinski definition) is 1. The van der Waals surface area contributed by atoms with Gasteiger partial charge in [-0.05, 0) is 49.7 Å². The normalized spacial score (nSPS) is 21.1. The van der Waals surface area contributed by atoms with E-state index in [1.165, 1.54) is 17.3 Å². The molecule has 6 nitrogen and oxygen atoms in total. The minimum atomic E-state index is -0.643. The van der Waals surface area contributed by atoms with Crippen molar-refractivity contribution >= 4 is 34.2 Å². The summed E-state index contributed by atoms with van der Waals surface area (Å²) in [4.78, 5) is 11.7. The molecule has 28 heavy (non-hydrogen) atoms. The zero-order valence-electron chi connectivity index (χ0n) is 15.9. The number of nitrogens with zero attached hydrogens (tertiary/aromatic N) is 3. The van der Waals surface area contributed by atoms with Crippen molar-refractivity contribution in [2.75, 3.05) is 11.6 Å². The number of benzene rings is 2. The number of carbonyl (C=O) groups is 1. The fraction of sp³-hybridized carbons (Fsp3) is 0.286. The van der Waals surface area contributed by atoms with E-state index in [-0.39, 0.29) is 0 Å². The Morgan fingerprint density at radius 3 is 2.61 bits per heavy atom. The van der Waals surface area contributed by atoms with E-state index in [1.54, 1.807) is 6.92 Å². The van der Waals surface area contributed by atoms with Gasteiger partial charge in [-0.3, -0.25) is 5.43 Å². The van der Waals surface area contributed by atoms with E-state index < -0.39 is 11.0 Å². The Labute approximate surface area is 168 Å². The van der Waals surface area contributed by atoms with Crippen LogP contribution in [0.2, 0.25) is 0 Å². The van der Waals surface area contributed by atoms with Gasteiger partial charge in [-0.15, -0.1) is 0 Å². The van der Waals surface area contributed by atoms with Gasteiger partial charge in [-0.25, -0.2) is 9.80 Å². The number of carbonyl (C=O) groups excluding carboxylic acids is 1. The first-order chi connectivity index (χ1) is 13.6. The van der Waals surface area contributed by atoms with Gasteiger partial charge in [0.1, 0.15) is 0 Å². The standard InChI is InChI=1S/C21H22N4O2S/c1-3-27-20(26)19-23-25(17-11-9-15(2)10-12-17)21(28-19)14-13-18(22-24-21)16-7-5-4-6-8-16/h4-12,24H,3,13-14H2,1-2H3. The van der Waals surface area contributed by atoms with Gasteiger partial charge < -0.3 is 4.74 Å². The Bertz CT molecular complexity index is 927. The molecule has 144 valence electrons. The molecule has 0 aliphatic carbocycles. The van der Waals surface area contributed by atoms with Crippen molar-refractivity contribution in [3.8, 4) is 0 Å². The van der Waals surface area contributed by atoms with E-state index in [0.717, 1.165) is 29.8 Å². The minimum absolute atomic E-state index is 0.319. The molecular formula is C21H22N4O2S. The summed E-state index contributed by atoms with van der Waals surface area (Å²) in [7, 11) is 0. The largest absolute Gasteiger partial charge is 0.461 e. The van der Waals surface area contributed by atoms with Crippen LogP contribution in [0.15, 0.2) is 64.8 Å². The number of esters is 1. The van der Waals surface area contributed by atoms with Crippen LogP contribution in [0.4, 0.5) is 5.69 Å². The van der Waals surface area contributed by atoms with Crippen LogP contribution in [0.3, 0.4) is 0 Å². The van der Waals surface area contributed by atoms with Crippen LogP contribution >= 0.6 is 11.8 Å². The van der Waals surface area contributed by atoms with Crippen molar-refractivity contribution in [3.05, 3.63) is 65.7 Å². The molecule has 1 atom stereocenters. The van der Waals surface area contributed by atoms with E-state index in [1.807, 2.05) is 54.4 Å². The van der Waals surface area contributed by atoms with E-state index >= 15 is 0 Å². The first-order valence-corrected chi connectivity index (χ1v) is 10.1. The highest BCUT2D eigenvalue weighted by Crippen LogP contribution is 2.43. The summed E-state index contributed by atoms with van der Waals surface area (Å²) in [6.07, 6.45) is 1.52. The quantitative estimate of drug-likeness (QED) is 0.798. The SMILES string of the molecule is CCOC(=O)C1=NN(c2ccc(C)cc2)C2(CCC(c3ccccc3)=NN2)S1. The smallest absolute Gasteiger partial charge is 0.365 e. The van der Waals surface area contributed by atoms with Gasteiger partial charge in [0.25, 0.3) is 0 Å². The third-order valence-electron chi connectivity index (χ3n) is 4.70. The monoisotopic (exact) mass is 394 g/mol. The Morgan fingerprint density at radius 1 is 1.21 bits per heavy atom. The Kier molecular flexibility index (Phi) is 5.09. The maximum absolute atomic E-state index is 12.3. The average molecular weight is 395 g/mol. The van der Waals surface area contributed by atoms with Crippen LogP contribution in [0.25, 0.3) is 0 Å².